The smallest absolute Gasteiger partial charge is 0.209 e. The van der Waals surface area contributed by atoms with Gasteiger partial charge in [0.25, 0.3) is 0 Å². The zero-order valence-electron chi connectivity index (χ0n) is 14.8. The van der Waals surface area contributed by atoms with Gasteiger partial charge in [-0.25, -0.2) is 13.1 Å². The van der Waals surface area contributed by atoms with Crippen molar-refractivity contribution in [1.82, 2.24) is 0 Å². The first-order valence-corrected chi connectivity index (χ1v) is 10.0. The molecule has 0 bridgehead atoms. The zero-order chi connectivity index (χ0) is 18.9. The quantitative estimate of drug-likeness (QED) is 0.489. The third-order valence-corrected chi connectivity index (χ3v) is 5.64. The van der Waals surface area contributed by atoms with Gasteiger partial charge in [-0.1, -0.05) is 54.1 Å². The second kappa shape index (κ2) is 6.85. The molecule has 27 heavy (non-hydrogen) atoms. The van der Waals surface area contributed by atoms with Gasteiger partial charge in [0.1, 0.15) is 0 Å². The first-order chi connectivity index (χ1) is 13.0. The molecule has 5 heteroatoms. The molecule has 0 aliphatic carbocycles. The Morgan fingerprint density at radius 2 is 1.41 bits per heavy atom. The molecular weight excluding hydrogens is 356 g/mol. The number of fused-ring (bicyclic) bond motifs is 1. The number of hydrogen-bond acceptors (Lipinski definition) is 2. The summed E-state index contributed by atoms with van der Waals surface area (Å²) in [6.45, 7) is 1.92. The van der Waals surface area contributed by atoms with Crippen LogP contribution >= 0.6 is 0 Å². The van der Waals surface area contributed by atoms with Crippen molar-refractivity contribution in [1.29, 1.82) is 0 Å². The third kappa shape index (κ3) is 3.55. The minimum absolute atomic E-state index is 0.174. The van der Waals surface area contributed by atoms with Crippen molar-refractivity contribution in [2.45, 2.75) is 11.8 Å². The van der Waals surface area contributed by atoms with Crippen molar-refractivity contribution < 1.29 is 13.1 Å². The lowest BCUT2D eigenvalue weighted by molar-refractivity contribution is -0.600. The highest BCUT2D eigenvalue weighted by Crippen LogP contribution is 2.23. The highest BCUT2D eigenvalue weighted by atomic mass is 32.2. The van der Waals surface area contributed by atoms with Crippen LogP contribution < -0.4 is 4.68 Å². The summed E-state index contributed by atoms with van der Waals surface area (Å²) in [5.74, 6) is 0. The van der Waals surface area contributed by atoms with Gasteiger partial charge in [-0.05, 0) is 42.6 Å². The minimum Gasteiger partial charge on any atom is -0.317 e. The molecule has 0 unspecified atom stereocenters. The Hall–Kier alpha value is -3.18. The molecule has 4 aromatic rings. The fourth-order valence-corrected chi connectivity index (χ4v) is 3.88. The molecule has 0 fully saturated rings. The van der Waals surface area contributed by atoms with Crippen molar-refractivity contribution in [3.63, 3.8) is 0 Å². The van der Waals surface area contributed by atoms with Gasteiger partial charge >= 0.3 is 0 Å². The average Bonchev–Trinajstić information content (AvgIpc) is 2.68. The Kier molecular flexibility index (Phi) is 4.38. The van der Waals surface area contributed by atoms with E-state index in [1.807, 2.05) is 67.6 Å². The van der Waals surface area contributed by atoms with E-state index in [2.05, 4.69) is 4.83 Å². The summed E-state index contributed by atoms with van der Waals surface area (Å²) in [7, 11) is -3.84. The summed E-state index contributed by atoms with van der Waals surface area (Å²) in [6, 6.07) is 26.1. The van der Waals surface area contributed by atoms with Crippen LogP contribution in [0.15, 0.2) is 96.0 Å². The molecule has 0 radical (unpaired) electrons. The van der Waals surface area contributed by atoms with E-state index in [0.717, 1.165) is 21.9 Å². The summed E-state index contributed by atoms with van der Waals surface area (Å²) in [5, 5.41) is 1.94. The van der Waals surface area contributed by atoms with Crippen LogP contribution in [0, 0.1) is 6.92 Å². The maximum absolute atomic E-state index is 12.8. The average molecular weight is 374 g/mol. The van der Waals surface area contributed by atoms with E-state index in [1.165, 1.54) is 4.68 Å². The SMILES string of the molecule is Cc1ccc(S(=O)(=O)[N-][n+]2cc3ccccc3cc2-c2ccccc2)cc1. The molecule has 0 aliphatic rings. The van der Waals surface area contributed by atoms with E-state index in [1.54, 1.807) is 30.5 Å². The van der Waals surface area contributed by atoms with Crippen LogP contribution in [0.3, 0.4) is 0 Å². The van der Waals surface area contributed by atoms with Gasteiger partial charge in [0.05, 0.1) is 4.90 Å². The van der Waals surface area contributed by atoms with Crippen LogP contribution in [0.25, 0.3) is 26.9 Å². The third-order valence-electron chi connectivity index (χ3n) is 4.38. The summed E-state index contributed by atoms with van der Waals surface area (Å²) < 4.78 is 27.1. The Labute approximate surface area is 158 Å². The Bertz CT molecular complexity index is 1200. The molecule has 134 valence electrons. The van der Waals surface area contributed by atoms with Crippen molar-refractivity contribution in [3.8, 4) is 11.3 Å². The van der Waals surface area contributed by atoms with Gasteiger partial charge in [0, 0.05) is 17.0 Å². The standard InChI is InChI=1S/C22H18N2O2S/c1-17-11-13-21(14-12-17)27(25,26)23-24-16-20-10-6-5-9-19(20)15-22(24)18-7-3-2-4-8-18/h2-16H,1H3. The van der Waals surface area contributed by atoms with Gasteiger partial charge in [-0.3, -0.25) is 0 Å². The van der Waals surface area contributed by atoms with Crippen LogP contribution in [0.1, 0.15) is 5.56 Å². The number of sulfonamides is 1. The predicted molar refractivity (Wildman–Crippen MR) is 107 cm³/mol. The highest BCUT2D eigenvalue weighted by molar-refractivity contribution is 7.93. The molecule has 0 amide bonds. The molecule has 0 saturated carbocycles. The van der Waals surface area contributed by atoms with Crippen LogP contribution in [0.4, 0.5) is 0 Å². The van der Waals surface area contributed by atoms with Gasteiger partial charge in [0.2, 0.25) is 5.69 Å². The Morgan fingerprint density at radius 3 is 2.11 bits per heavy atom. The fourth-order valence-electron chi connectivity index (χ4n) is 2.94. The summed E-state index contributed by atoms with van der Waals surface area (Å²) in [5.41, 5.74) is 2.60. The van der Waals surface area contributed by atoms with Gasteiger partial charge in [-0.15, -0.1) is 0 Å². The predicted octanol–water partition coefficient (Wildman–Crippen LogP) is 4.63. The molecule has 0 spiro atoms. The molecule has 0 N–H and O–H groups in total. The minimum atomic E-state index is -3.84. The second-order valence-corrected chi connectivity index (χ2v) is 7.95. The van der Waals surface area contributed by atoms with Crippen molar-refractivity contribution in [2.24, 2.45) is 0 Å². The fraction of sp³-hybridized carbons (Fsp3) is 0.0455. The number of pyridine rings is 1. The van der Waals surface area contributed by atoms with Crippen LogP contribution in [0.5, 0.6) is 0 Å². The molecule has 0 atom stereocenters. The largest absolute Gasteiger partial charge is 0.317 e. The number of hydrogen-bond donors (Lipinski definition) is 0. The van der Waals surface area contributed by atoms with Gasteiger partial charge < -0.3 is 4.83 Å². The molecule has 4 nitrogen and oxygen atoms in total. The monoisotopic (exact) mass is 374 g/mol. The van der Waals surface area contributed by atoms with E-state index in [0.29, 0.717) is 5.69 Å². The zero-order valence-corrected chi connectivity index (χ0v) is 15.6. The van der Waals surface area contributed by atoms with Crippen molar-refractivity contribution in [2.75, 3.05) is 0 Å². The molecule has 1 heterocycles. The molecule has 0 saturated heterocycles. The van der Waals surface area contributed by atoms with E-state index < -0.39 is 10.0 Å². The lowest BCUT2D eigenvalue weighted by atomic mass is 10.1. The van der Waals surface area contributed by atoms with E-state index >= 15 is 0 Å². The normalized spacial score (nSPS) is 11.4. The molecule has 1 aromatic heterocycles. The molecule has 0 aliphatic heterocycles. The number of rotatable bonds is 4. The maximum Gasteiger partial charge on any atom is 0.209 e. The molecule has 4 rings (SSSR count). The first kappa shape index (κ1) is 17.2. The van der Waals surface area contributed by atoms with Gasteiger partial charge in [-0.2, -0.15) is 0 Å². The summed E-state index contributed by atoms with van der Waals surface area (Å²) in [4.78, 5) is 4.28. The van der Waals surface area contributed by atoms with E-state index in [-0.39, 0.29) is 4.90 Å². The molecule has 3 aromatic carbocycles. The topological polar surface area (TPSA) is 52.1 Å². The number of aromatic nitrogens is 1. The van der Waals surface area contributed by atoms with E-state index in [9.17, 15) is 8.42 Å². The van der Waals surface area contributed by atoms with Crippen LogP contribution in [0.2, 0.25) is 0 Å². The van der Waals surface area contributed by atoms with Crippen LogP contribution in [-0.4, -0.2) is 8.42 Å². The lowest BCUT2D eigenvalue weighted by Gasteiger charge is -2.18. The lowest BCUT2D eigenvalue weighted by Crippen LogP contribution is -2.34. The maximum atomic E-state index is 12.8. The Balaban J connectivity index is 1.86. The van der Waals surface area contributed by atoms with Crippen LogP contribution in [-0.2, 0) is 10.0 Å². The summed E-state index contributed by atoms with van der Waals surface area (Å²) in [6.07, 6.45) is 1.75. The van der Waals surface area contributed by atoms with Gasteiger partial charge in [0.15, 0.2) is 16.2 Å². The van der Waals surface area contributed by atoms with Crippen molar-refractivity contribution in [3.05, 3.63) is 102 Å². The van der Waals surface area contributed by atoms with Crippen molar-refractivity contribution >= 4 is 20.8 Å². The Morgan fingerprint density at radius 1 is 0.778 bits per heavy atom. The number of benzene rings is 3. The molecular formula is C22H18N2O2S. The highest BCUT2D eigenvalue weighted by Gasteiger charge is 2.15. The number of nitrogens with zero attached hydrogens (tertiary/aromatic N) is 2. The summed E-state index contributed by atoms with van der Waals surface area (Å²) >= 11 is 0. The van der Waals surface area contributed by atoms with E-state index in [4.69, 9.17) is 0 Å². The number of aryl methyl sites for hydroxylation is 1. The second-order valence-electron chi connectivity index (χ2n) is 6.37. The first-order valence-electron chi connectivity index (χ1n) is 8.58.